The van der Waals surface area contributed by atoms with Crippen molar-refractivity contribution in [1.29, 1.82) is 0 Å². The van der Waals surface area contributed by atoms with Crippen LogP contribution in [0.2, 0.25) is 0 Å². The summed E-state index contributed by atoms with van der Waals surface area (Å²) < 4.78 is 0. The van der Waals surface area contributed by atoms with Crippen molar-refractivity contribution in [2.45, 2.75) is 12.6 Å². The lowest BCUT2D eigenvalue weighted by molar-refractivity contribution is 0.193. The van der Waals surface area contributed by atoms with Crippen molar-refractivity contribution in [3.05, 3.63) is 65.7 Å². The number of para-hydroxylation sites is 1. The summed E-state index contributed by atoms with van der Waals surface area (Å²) in [6.07, 6.45) is 0. The van der Waals surface area contributed by atoms with Crippen LogP contribution in [0, 0.1) is 0 Å². The molecule has 1 heterocycles. The molecule has 2 aromatic carbocycles. The number of benzene rings is 2. The fraction of sp³-hybridized carbons (Fsp3) is 0.294. The van der Waals surface area contributed by atoms with Crippen LogP contribution in [0.1, 0.15) is 17.2 Å². The minimum absolute atomic E-state index is 0.327. The molecule has 2 aromatic rings. The molecule has 3 N–H and O–H groups in total. The topological polar surface area (TPSA) is 41.3 Å². The number of nitrogens with zero attached hydrogens (tertiary/aromatic N) is 1. The number of nitrogen functional groups attached to an aromatic ring is 1. The highest BCUT2D eigenvalue weighted by molar-refractivity contribution is 5.48. The van der Waals surface area contributed by atoms with E-state index < -0.39 is 0 Å². The maximum Gasteiger partial charge on any atom is 0.0470 e. The summed E-state index contributed by atoms with van der Waals surface area (Å²) in [4.78, 5) is 2.49. The average Bonchev–Trinajstić information content (AvgIpc) is 2.49. The van der Waals surface area contributed by atoms with Gasteiger partial charge in [-0.25, -0.2) is 0 Å². The van der Waals surface area contributed by atoms with Crippen LogP contribution in [0.3, 0.4) is 0 Å². The lowest BCUT2D eigenvalue weighted by atomic mass is 10.0. The van der Waals surface area contributed by atoms with E-state index in [1.54, 1.807) is 0 Å². The molecule has 1 saturated heterocycles. The van der Waals surface area contributed by atoms with Gasteiger partial charge in [-0.2, -0.15) is 0 Å². The molecule has 0 amide bonds. The first-order chi connectivity index (χ1) is 9.83. The van der Waals surface area contributed by atoms with Crippen LogP contribution in [0.25, 0.3) is 0 Å². The van der Waals surface area contributed by atoms with E-state index in [4.69, 9.17) is 5.73 Å². The Labute approximate surface area is 120 Å². The summed E-state index contributed by atoms with van der Waals surface area (Å²) in [6, 6.07) is 19.1. The van der Waals surface area contributed by atoms with Gasteiger partial charge in [-0.15, -0.1) is 0 Å². The normalized spacial score (nSPS) is 19.9. The maximum atomic E-state index is 6.09. The zero-order valence-electron chi connectivity index (χ0n) is 11.6. The van der Waals surface area contributed by atoms with Crippen LogP contribution >= 0.6 is 0 Å². The molecular formula is C17H21N3. The Morgan fingerprint density at radius 2 is 1.80 bits per heavy atom. The number of hydrogen-bond acceptors (Lipinski definition) is 3. The third-order valence-corrected chi connectivity index (χ3v) is 3.88. The van der Waals surface area contributed by atoms with Crippen LogP contribution in [0.5, 0.6) is 0 Å². The molecule has 3 heteroatoms. The number of piperazine rings is 1. The Morgan fingerprint density at radius 3 is 2.60 bits per heavy atom. The van der Waals surface area contributed by atoms with Crippen molar-refractivity contribution >= 4 is 5.69 Å². The van der Waals surface area contributed by atoms with Crippen molar-refractivity contribution in [3.8, 4) is 0 Å². The van der Waals surface area contributed by atoms with Gasteiger partial charge in [0, 0.05) is 37.9 Å². The molecule has 1 aliphatic heterocycles. The average molecular weight is 267 g/mol. The third kappa shape index (κ3) is 3.00. The van der Waals surface area contributed by atoms with Gasteiger partial charge in [0.1, 0.15) is 0 Å². The molecule has 0 saturated carbocycles. The number of anilines is 1. The molecule has 1 unspecified atom stereocenters. The molecule has 0 aliphatic carbocycles. The van der Waals surface area contributed by atoms with Gasteiger partial charge >= 0.3 is 0 Å². The first-order valence-corrected chi connectivity index (χ1v) is 7.17. The smallest absolute Gasteiger partial charge is 0.0470 e. The highest BCUT2D eigenvalue weighted by atomic mass is 15.2. The lowest BCUT2D eigenvalue weighted by Gasteiger charge is -2.34. The lowest BCUT2D eigenvalue weighted by Crippen LogP contribution is -2.45. The quantitative estimate of drug-likeness (QED) is 0.839. The first-order valence-electron chi connectivity index (χ1n) is 7.17. The van der Waals surface area contributed by atoms with Crippen molar-refractivity contribution < 1.29 is 0 Å². The van der Waals surface area contributed by atoms with Crippen molar-refractivity contribution in [2.24, 2.45) is 0 Å². The summed E-state index contributed by atoms with van der Waals surface area (Å²) in [7, 11) is 0. The molecule has 0 radical (unpaired) electrons. The minimum atomic E-state index is 0.327. The standard InChI is InChI=1S/C17H21N3/c18-16-9-5-4-8-15(16)17-13-20(11-10-19-17)12-14-6-2-1-3-7-14/h1-9,17,19H,10-13,18H2. The molecule has 0 aromatic heterocycles. The van der Waals surface area contributed by atoms with Crippen LogP contribution in [-0.2, 0) is 6.54 Å². The van der Waals surface area contributed by atoms with Gasteiger partial charge in [0.15, 0.2) is 0 Å². The van der Waals surface area contributed by atoms with Gasteiger partial charge in [-0.3, -0.25) is 4.90 Å². The van der Waals surface area contributed by atoms with Crippen LogP contribution in [0.4, 0.5) is 5.69 Å². The SMILES string of the molecule is Nc1ccccc1C1CN(Cc2ccccc2)CCN1. The van der Waals surface area contributed by atoms with E-state index in [-0.39, 0.29) is 0 Å². The highest BCUT2D eigenvalue weighted by Crippen LogP contribution is 2.23. The maximum absolute atomic E-state index is 6.09. The molecule has 1 aliphatic rings. The van der Waals surface area contributed by atoms with Crippen molar-refractivity contribution in [1.82, 2.24) is 10.2 Å². The number of nitrogens with one attached hydrogen (secondary N) is 1. The van der Waals surface area contributed by atoms with Gasteiger partial charge in [0.25, 0.3) is 0 Å². The molecule has 3 rings (SSSR count). The Morgan fingerprint density at radius 1 is 1.05 bits per heavy atom. The molecular weight excluding hydrogens is 246 g/mol. The van der Waals surface area contributed by atoms with E-state index in [0.29, 0.717) is 6.04 Å². The third-order valence-electron chi connectivity index (χ3n) is 3.88. The van der Waals surface area contributed by atoms with Crippen LogP contribution in [-0.4, -0.2) is 24.5 Å². The number of rotatable bonds is 3. The van der Waals surface area contributed by atoms with Gasteiger partial charge in [-0.1, -0.05) is 48.5 Å². The van der Waals surface area contributed by atoms with E-state index in [2.05, 4.69) is 52.7 Å². The molecule has 1 fully saturated rings. The second kappa shape index (κ2) is 6.07. The van der Waals surface area contributed by atoms with Crippen molar-refractivity contribution in [3.63, 3.8) is 0 Å². The Hall–Kier alpha value is -1.84. The number of nitrogens with two attached hydrogens (primary N) is 1. The number of hydrogen-bond donors (Lipinski definition) is 2. The Kier molecular flexibility index (Phi) is 4.00. The highest BCUT2D eigenvalue weighted by Gasteiger charge is 2.21. The van der Waals surface area contributed by atoms with E-state index in [0.717, 1.165) is 31.9 Å². The largest absolute Gasteiger partial charge is 0.398 e. The van der Waals surface area contributed by atoms with Gasteiger partial charge in [-0.05, 0) is 17.2 Å². The van der Waals surface area contributed by atoms with E-state index in [9.17, 15) is 0 Å². The Bertz CT molecular complexity index is 553. The van der Waals surface area contributed by atoms with Crippen LogP contribution in [0.15, 0.2) is 54.6 Å². The van der Waals surface area contributed by atoms with Gasteiger partial charge in [0.05, 0.1) is 0 Å². The predicted octanol–water partition coefficient (Wildman–Crippen LogP) is 2.42. The second-order valence-electron chi connectivity index (χ2n) is 5.36. The van der Waals surface area contributed by atoms with Crippen molar-refractivity contribution in [2.75, 3.05) is 25.4 Å². The molecule has 3 nitrogen and oxygen atoms in total. The molecule has 0 spiro atoms. The van der Waals surface area contributed by atoms with E-state index >= 15 is 0 Å². The van der Waals surface area contributed by atoms with E-state index in [1.165, 1.54) is 11.1 Å². The summed E-state index contributed by atoms with van der Waals surface area (Å²) >= 11 is 0. The zero-order chi connectivity index (χ0) is 13.8. The van der Waals surface area contributed by atoms with Gasteiger partial charge in [0.2, 0.25) is 0 Å². The molecule has 20 heavy (non-hydrogen) atoms. The summed E-state index contributed by atoms with van der Waals surface area (Å²) in [5.41, 5.74) is 9.55. The summed E-state index contributed by atoms with van der Waals surface area (Å²) in [5.74, 6) is 0. The minimum Gasteiger partial charge on any atom is -0.398 e. The zero-order valence-corrected chi connectivity index (χ0v) is 11.6. The first kappa shape index (κ1) is 13.2. The fourth-order valence-electron chi connectivity index (χ4n) is 2.83. The van der Waals surface area contributed by atoms with E-state index in [1.807, 2.05) is 12.1 Å². The molecule has 0 bridgehead atoms. The molecule has 1 atom stereocenters. The monoisotopic (exact) mass is 267 g/mol. The summed E-state index contributed by atoms with van der Waals surface area (Å²) in [5, 5.41) is 3.57. The Balaban J connectivity index is 1.69. The van der Waals surface area contributed by atoms with Gasteiger partial charge < -0.3 is 11.1 Å². The van der Waals surface area contributed by atoms with Crippen LogP contribution < -0.4 is 11.1 Å². The molecule has 104 valence electrons. The summed E-state index contributed by atoms with van der Waals surface area (Å²) in [6.45, 7) is 4.10. The fourth-order valence-corrected chi connectivity index (χ4v) is 2.83. The second-order valence-corrected chi connectivity index (χ2v) is 5.36. The predicted molar refractivity (Wildman–Crippen MR) is 83.3 cm³/mol.